The second-order valence-corrected chi connectivity index (χ2v) is 4.41. The van der Waals surface area contributed by atoms with Crippen LogP contribution in [-0.2, 0) is 0 Å². The zero-order valence-electron chi connectivity index (χ0n) is 8.96. The van der Waals surface area contributed by atoms with E-state index in [-0.39, 0.29) is 5.91 Å². The minimum atomic E-state index is -0.122. The molecule has 1 atom stereocenters. The molecule has 1 unspecified atom stereocenters. The molecule has 0 saturated heterocycles. The predicted octanol–water partition coefficient (Wildman–Crippen LogP) is 2.62. The van der Waals surface area contributed by atoms with Crippen molar-refractivity contribution in [2.24, 2.45) is 5.92 Å². The molecule has 0 aliphatic carbocycles. The number of amides is 1. The van der Waals surface area contributed by atoms with Crippen molar-refractivity contribution in [1.29, 1.82) is 0 Å². The van der Waals surface area contributed by atoms with Crippen LogP contribution in [0.5, 0.6) is 0 Å². The summed E-state index contributed by atoms with van der Waals surface area (Å²) in [5.41, 5.74) is 0.445. The Morgan fingerprint density at radius 1 is 1.67 bits per heavy atom. The van der Waals surface area contributed by atoms with Crippen LogP contribution in [0.3, 0.4) is 0 Å². The fourth-order valence-electron chi connectivity index (χ4n) is 1.05. The number of pyridine rings is 1. The van der Waals surface area contributed by atoms with E-state index in [2.05, 4.69) is 40.1 Å². The maximum atomic E-state index is 11.7. The van der Waals surface area contributed by atoms with Crippen LogP contribution in [0.2, 0.25) is 0 Å². The summed E-state index contributed by atoms with van der Waals surface area (Å²) in [6, 6.07) is 3.60. The van der Waals surface area contributed by atoms with E-state index in [4.69, 9.17) is 0 Å². The molecule has 1 heterocycles. The van der Waals surface area contributed by atoms with Gasteiger partial charge in [-0.3, -0.25) is 4.79 Å². The van der Waals surface area contributed by atoms with E-state index < -0.39 is 0 Å². The highest BCUT2D eigenvalue weighted by Crippen LogP contribution is 2.12. The van der Waals surface area contributed by atoms with Crippen molar-refractivity contribution < 1.29 is 4.79 Å². The molecule has 0 aliphatic heterocycles. The van der Waals surface area contributed by atoms with Crippen LogP contribution in [0.1, 0.15) is 30.8 Å². The molecule has 0 bridgehead atoms. The Labute approximate surface area is 98.4 Å². The van der Waals surface area contributed by atoms with Gasteiger partial charge in [0.1, 0.15) is 5.69 Å². The summed E-state index contributed by atoms with van der Waals surface area (Å²) < 4.78 is 0.728. The number of rotatable bonds is 4. The van der Waals surface area contributed by atoms with Crippen LogP contribution in [-0.4, -0.2) is 17.4 Å². The number of nitrogens with zero attached hydrogens (tertiary/aromatic N) is 1. The molecule has 0 aliphatic rings. The van der Waals surface area contributed by atoms with Crippen molar-refractivity contribution in [3.05, 3.63) is 28.5 Å². The number of hydrogen-bond donors (Lipinski definition) is 1. The first kappa shape index (κ1) is 12.2. The predicted molar refractivity (Wildman–Crippen MR) is 63.7 cm³/mol. The molecule has 1 N–H and O–H groups in total. The van der Waals surface area contributed by atoms with Crippen LogP contribution in [0.4, 0.5) is 0 Å². The van der Waals surface area contributed by atoms with Crippen molar-refractivity contribution in [2.45, 2.75) is 20.3 Å². The molecule has 1 aromatic rings. The Bertz CT molecular complexity index is 341. The van der Waals surface area contributed by atoms with Gasteiger partial charge in [0, 0.05) is 17.2 Å². The Morgan fingerprint density at radius 2 is 2.40 bits per heavy atom. The Hall–Kier alpha value is -0.900. The van der Waals surface area contributed by atoms with Crippen molar-refractivity contribution in [3.8, 4) is 0 Å². The molecule has 0 saturated carbocycles. The van der Waals surface area contributed by atoms with Gasteiger partial charge in [-0.2, -0.15) is 0 Å². The average molecular weight is 271 g/mol. The standard InChI is InChI=1S/C11H15BrN2O/c1-3-8(2)7-14-11(15)10-9(12)5-4-6-13-10/h4-6,8H,3,7H2,1-2H3,(H,14,15). The summed E-state index contributed by atoms with van der Waals surface area (Å²) in [5, 5.41) is 2.86. The maximum Gasteiger partial charge on any atom is 0.271 e. The third kappa shape index (κ3) is 3.63. The highest BCUT2D eigenvalue weighted by Gasteiger charge is 2.11. The number of carbonyl (C=O) groups excluding carboxylic acids is 1. The van der Waals surface area contributed by atoms with E-state index in [1.54, 1.807) is 12.3 Å². The molecule has 1 rings (SSSR count). The third-order valence-electron chi connectivity index (χ3n) is 2.28. The summed E-state index contributed by atoms with van der Waals surface area (Å²) in [7, 11) is 0. The van der Waals surface area contributed by atoms with Gasteiger partial charge in [-0.05, 0) is 34.0 Å². The van der Waals surface area contributed by atoms with Crippen LogP contribution in [0, 0.1) is 5.92 Å². The van der Waals surface area contributed by atoms with Crippen LogP contribution in [0.25, 0.3) is 0 Å². The molecule has 4 heteroatoms. The van der Waals surface area contributed by atoms with Crippen molar-refractivity contribution >= 4 is 21.8 Å². The van der Waals surface area contributed by atoms with Gasteiger partial charge < -0.3 is 5.32 Å². The van der Waals surface area contributed by atoms with Crippen LogP contribution in [0.15, 0.2) is 22.8 Å². The van der Waals surface area contributed by atoms with Gasteiger partial charge in [0.25, 0.3) is 5.91 Å². The molecule has 3 nitrogen and oxygen atoms in total. The van der Waals surface area contributed by atoms with Gasteiger partial charge in [0.15, 0.2) is 0 Å². The minimum Gasteiger partial charge on any atom is -0.350 e. The molecule has 0 spiro atoms. The van der Waals surface area contributed by atoms with Crippen molar-refractivity contribution in [1.82, 2.24) is 10.3 Å². The minimum absolute atomic E-state index is 0.122. The molecule has 82 valence electrons. The van der Waals surface area contributed by atoms with E-state index >= 15 is 0 Å². The lowest BCUT2D eigenvalue weighted by Crippen LogP contribution is -2.29. The van der Waals surface area contributed by atoms with E-state index in [1.165, 1.54) is 0 Å². The van der Waals surface area contributed by atoms with Crippen molar-refractivity contribution in [3.63, 3.8) is 0 Å². The maximum absolute atomic E-state index is 11.7. The van der Waals surface area contributed by atoms with Gasteiger partial charge in [-0.1, -0.05) is 20.3 Å². The van der Waals surface area contributed by atoms with E-state index in [1.807, 2.05) is 6.07 Å². The Balaban J connectivity index is 2.58. The topological polar surface area (TPSA) is 42.0 Å². The number of carbonyl (C=O) groups is 1. The van der Waals surface area contributed by atoms with E-state index in [9.17, 15) is 4.79 Å². The molecule has 0 fully saturated rings. The lowest BCUT2D eigenvalue weighted by molar-refractivity contribution is 0.0942. The highest BCUT2D eigenvalue weighted by atomic mass is 79.9. The van der Waals surface area contributed by atoms with Crippen LogP contribution >= 0.6 is 15.9 Å². The largest absolute Gasteiger partial charge is 0.350 e. The van der Waals surface area contributed by atoms with Gasteiger partial charge in [0.2, 0.25) is 0 Å². The fourth-order valence-corrected chi connectivity index (χ4v) is 1.48. The lowest BCUT2D eigenvalue weighted by Gasteiger charge is -2.10. The molecule has 0 aromatic carbocycles. The van der Waals surface area contributed by atoms with Crippen molar-refractivity contribution in [2.75, 3.05) is 6.54 Å². The molecule has 0 radical (unpaired) electrons. The third-order valence-corrected chi connectivity index (χ3v) is 2.92. The fraction of sp³-hybridized carbons (Fsp3) is 0.455. The molecule has 15 heavy (non-hydrogen) atoms. The first-order valence-electron chi connectivity index (χ1n) is 5.03. The number of hydrogen-bond acceptors (Lipinski definition) is 2. The van der Waals surface area contributed by atoms with Gasteiger partial charge >= 0.3 is 0 Å². The van der Waals surface area contributed by atoms with Crippen LogP contribution < -0.4 is 5.32 Å². The summed E-state index contributed by atoms with van der Waals surface area (Å²) in [6.07, 6.45) is 2.67. The van der Waals surface area contributed by atoms with Gasteiger partial charge in [0.05, 0.1) is 0 Å². The number of halogens is 1. The summed E-state index contributed by atoms with van der Waals surface area (Å²) in [5.74, 6) is 0.374. The summed E-state index contributed by atoms with van der Waals surface area (Å²) in [6.45, 7) is 4.90. The SMILES string of the molecule is CCC(C)CNC(=O)c1ncccc1Br. The summed E-state index contributed by atoms with van der Waals surface area (Å²) in [4.78, 5) is 15.7. The normalized spacial score (nSPS) is 12.2. The zero-order chi connectivity index (χ0) is 11.3. The first-order valence-corrected chi connectivity index (χ1v) is 5.83. The second-order valence-electron chi connectivity index (χ2n) is 3.56. The van der Waals surface area contributed by atoms with E-state index in [0.29, 0.717) is 18.2 Å². The van der Waals surface area contributed by atoms with Gasteiger partial charge in [-0.25, -0.2) is 4.98 Å². The molecular formula is C11H15BrN2O. The first-order chi connectivity index (χ1) is 7.15. The van der Waals surface area contributed by atoms with Gasteiger partial charge in [-0.15, -0.1) is 0 Å². The zero-order valence-corrected chi connectivity index (χ0v) is 10.5. The van der Waals surface area contributed by atoms with E-state index in [0.717, 1.165) is 10.9 Å². The quantitative estimate of drug-likeness (QED) is 0.914. The molecular weight excluding hydrogens is 256 g/mol. The highest BCUT2D eigenvalue weighted by molar-refractivity contribution is 9.10. The number of aromatic nitrogens is 1. The number of nitrogens with one attached hydrogen (secondary N) is 1. The second kappa shape index (κ2) is 5.85. The lowest BCUT2D eigenvalue weighted by atomic mass is 10.1. The molecule has 1 aromatic heterocycles. The molecule has 1 amide bonds. The smallest absolute Gasteiger partial charge is 0.271 e. The summed E-state index contributed by atoms with van der Waals surface area (Å²) >= 11 is 3.30. The monoisotopic (exact) mass is 270 g/mol. The Morgan fingerprint density at radius 3 is 3.00 bits per heavy atom. The Kier molecular flexibility index (Phi) is 4.75. The average Bonchev–Trinajstić information content (AvgIpc) is 2.26.